The standard InChI is InChI=1S/C61H60BN3/c1-57(2)44-16-12-18-48-54(44)62-55-45(57)17-13-19-49(55)65(59(4)33-41-26-38-27-42(34-59)53(38)41)51-30-43(29-50(56(51)62)64(48)58(3)31-39-24-37-25-40(32-58)52(37)39)63-47-21-20-36(35-14-8-7-9-15-35)28-46(47)60(5)22-10-11-23-61(60,63)6/h7-9,12-21,24,28-30,32-33,38-39,42,52-53H,10-11,22-23,25-27,31,34H2,1-6H3. The first kappa shape index (κ1) is 36.9. The van der Waals surface area contributed by atoms with E-state index in [2.05, 4.69) is 172 Å². The van der Waals surface area contributed by atoms with E-state index in [0.717, 1.165) is 24.2 Å². The molecule has 0 bridgehead atoms. The van der Waals surface area contributed by atoms with Gasteiger partial charge < -0.3 is 14.7 Å². The quantitative estimate of drug-likeness (QED) is 0.132. The molecule has 9 atom stereocenters. The Morgan fingerprint density at radius 3 is 1.92 bits per heavy atom. The van der Waals surface area contributed by atoms with Crippen LogP contribution in [0.4, 0.5) is 34.1 Å². The van der Waals surface area contributed by atoms with E-state index in [4.69, 9.17) is 0 Å². The first-order valence-electron chi connectivity index (χ1n) is 25.6. The molecule has 65 heavy (non-hydrogen) atoms. The SMILES string of the molecule is CC1(C)c2cccc3c2B2c4c(cc(N5c6ccc(-c7ccccc7)cc6C6(C)CCCCC56C)cc4N(C4(C)C=C5CC6CC(C4)C56)c4cccc1c42)N3C1(C)C=C2CC3=CC(C1)C32. The molecular weight excluding hydrogens is 786 g/mol. The van der Waals surface area contributed by atoms with Crippen LogP contribution in [0.3, 0.4) is 0 Å². The van der Waals surface area contributed by atoms with Crippen molar-refractivity contribution in [1.82, 2.24) is 0 Å². The maximum absolute atomic E-state index is 2.95. The van der Waals surface area contributed by atoms with E-state index in [1.807, 2.05) is 0 Å². The molecule has 7 aliphatic carbocycles. The van der Waals surface area contributed by atoms with Crippen LogP contribution in [0.5, 0.6) is 0 Å². The molecule has 5 aromatic rings. The molecule has 0 spiro atoms. The molecule has 0 radical (unpaired) electrons. The second-order valence-electron chi connectivity index (χ2n) is 24.5. The normalized spacial score (nSPS) is 35.7. The Bertz CT molecular complexity index is 3070. The molecule has 4 fully saturated rings. The van der Waals surface area contributed by atoms with Crippen molar-refractivity contribution in [2.45, 2.75) is 127 Å². The minimum atomic E-state index is -0.161. The predicted molar refractivity (Wildman–Crippen MR) is 270 cm³/mol. The third kappa shape index (κ3) is 4.15. The van der Waals surface area contributed by atoms with Crippen LogP contribution in [0.25, 0.3) is 11.1 Å². The topological polar surface area (TPSA) is 9.72 Å². The number of hydrogen-bond donors (Lipinski definition) is 0. The summed E-state index contributed by atoms with van der Waals surface area (Å²) in [4.78, 5) is 8.79. The summed E-state index contributed by atoms with van der Waals surface area (Å²) in [7, 11) is 0. The molecular formula is C61H60BN3. The third-order valence-electron chi connectivity index (χ3n) is 20.9. The zero-order valence-corrected chi connectivity index (χ0v) is 39.1. The van der Waals surface area contributed by atoms with Crippen LogP contribution in [0.15, 0.2) is 132 Å². The maximum Gasteiger partial charge on any atom is 0.252 e. The Kier molecular flexibility index (Phi) is 6.52. The van der Waals surface area contributed by atoms with Gasteiger partial charge in [0, 0.05) is 50.9 Å². The summed E-state index contributed by atoms with van der Waals surface area (Å²) in [5.41, 5.74) is 25.2. The second kappa shape index (κ2) is 11.5. The lowest BCUT2D eigenvalue weighted by molar-refractivity contribution is 0.00878. The second-order valence-corrected chi connectivity index (χ2v) is 24.5. The van der Waals surface area contributed by atoms with Gasteiger partial charge in [-0.15, -0.1) is 0 Å². The van der Waals surface area contributed by atoms with Crippen molar-refractivity contribution in [3.8, 4) is 11.1 Å². The van der Waals surface area contributed by atoms with E-state index in [-0.39, 0.29) is 34.2 Å². The van der Waals surface area contributed by atoms with Crippen LogP contribution in [-0.4, -0.2) is 23.3 Å². The van der Waals surface area contributed by atoms with Gasteiger partial charge in [-0.1, -0.05) is 129 Å². The molecule has 5 aromatic carbocycles. The molecule has 4 heteroatoms. The molecule has 9 unspecified atom stereocenters. The Labute approximate surface area is 386 Å². The summed E-state index contributed by atoms with van der Waals surface area (Å²) >= 11 is 0. The number of benzene rings is 5. The van der Waals surface area contributed by atoms with Gasteiger partial charge in [0.15, 0.2) is 0 Å². The smallest absolute Gasteiger partial charge is 0.252 e. The summed E-state index contributed by atoms with van der Waals surface area (Å²) in [6, 6.07) is 39.0. The van der Waals surface area contributed by atoms with Crippen LogP contribution in [0, 0.1) is 29.6 Å². The van der Waals surface area contributed by atoms with Gasteiger partial charge in [0.1, 0.15) is 0 Å². The van der Waals surface area contributed by atoms with Crippen molar-refractivity contribution >= 4 is 57.2 Å². The number of rotatable bonds is 4. The van der Waals surface area contributed by atoms with Gasteiger partial charge >= 0.3 is 0 Å². The summed E-state index contributed by atoms with van der Waals surface area (Å²) in [6.45, 7) is 15.7. The van der Waals surface area contributed by atoms with Crippen LogP contribution in [0.2, 0.25) is 0 Å². The highest BCUT2D eigenvalue weighted by molar-refractivity contribution is 7.01. The van der Waals surface area contributed by atoms with Gasteiger partial charge in [0.05, 0.1) is 16.6 Å². The van der Waals surface area contributed by atoms with Crippen LogP contribution >= 0.6 is 0 Å². The van der Waals surface area contributed by atoms with E-state index in [0.29, 0.717) is 11.8 Å². The largest absolute Gasteiger partial charge is 0.334 e. The highest BCUT2D eigenvalue weighted by Crippen LogP contribution is 2.67. The summed E-state index contributed by atoms with van der Waals surface area (Å²) in [5, 5.41) is 0. The van der Waals surface area contributed by atoms with Gasteiger partial charge in [-0.3, -0.25) is 0 Å². The molecule has 4 aliphatic heterocycles. The van der Waals surface area contributed by atoms with Crippen LogP contribution in [0.1, 0.15) is 116 Å². The monoisotopic (exact) mass is 845 g/mol. The van der Waals surface area contributed by atoms with E-state index in [9.17, 15) is 0 Å². The summed E-state index contributed by atoms with van der Waals surface area (Å²) < 4.78 is 0. The molecule has 4 heterocycles. The number of fused-ring (bicyclic) bond motifs is 3. The van der Waals surface area contributed by atoms with E-state index in [1.54, 1.807) is 33.1 Å². The Hall–Kier alpha value is -5.22. The fourth-order valence-corrected chi connectivity index (χ4v) is 17.9. The number of nitrogens with zero attached hydrogens (tertiary/aromatic N) is 3. The van der Waals surface area contributed by atoms with Crippen molar-refractivity contribution in [2.24, 2.45) is 29.6 Å². The molecule has 16 rings (SSSR count). The summed E-state index contributed by atoms with van der Waals surface area (Å²) in [6.07, 6.45) is 19.5. The molecule has 0 saturated heterocycles. The van der Waals surface area contributed by atoms with Crippen molar-refractivity contribution in [1.29, 1.82) is 0 Å². The lowest BCUT2D eigenvalue weighted by Crippen LogP contribution is -2.71. The van der Waals surface area contributed by atoms with Crippen molar-refractivity contribution in [3.63, 3.8) is 0 Å². The van der Waals surface area contributed by atoms with Gasteiger partial charge in [-0.25, -0.2) is 0 Å². The average Bonchev–Trinajstić information content (AvgIpc) is 3.47. The van der Waals surface area contributed by atoms with Crippen LogP contribution in [-0.2, 0) is 10.8 Å². The molecule has 0 amide bonds. The van der Waals surface area contributed by atoms with Gasteiger partial charge in [0.2, 0.25) is 0 Å². The number of hydrogen-bond acceptors (Lipinski definition) is 3. The molecule has 322 valence electrons. The Morgan fingerprint density at radius 2 is 1.25 bits per heavy atom. The fraction of sp³-hybridized carbons (Fsp3) is 0.410. The van der Waals surface area contributed by atoms with Crippen molar-refractivity contribution in [2.75, 3.05) is 14.7 Å². The minimum absolute atomic E-state index is 0.0167. The molecule has 0 N–H and O–H groups in total. The van der Waals surface area contributed by atoms with E-state index < -0.39 is 0 Å². The molecule has 3 nitrogen and oxygen atoms in total. The maximum atomic E-state index is 2.95. The lowest BCUT2D eigenvalue weighted by atomic mass is 9.28. The lowest BCUT2D eigenvalue weighted by Gasteiger charge is -2.63. The zero-order valence-electron chi connectivity index (χ0n) is 39.1. The first-order chi connectivity index (χ1) is 31.4. The van der Waals surface area contributed by atoms with Crippen LogP contribution < -0.4 is 31.1 Å². The van der Waals surface area contributed by atoms with Gasteiger partial charge in [0.25, 0.3) is 6.71 Å². The highest BCUT2D eigenvalue weighted by Gasteiger charge is 2.62. The van der Waals surface area contributed by atoms with E-state index >= 15 is 0 Å². The Morgan fingerprint density at radius 1 is 0.554 bits per heavy atom. The fourth-order valence-electron chi connectivity index (χ4n) is 17.9. The Balaban J connectivity index is 1.00. The van der Waals surface area contributed by atoms with Gasteiger partial charge in [-0.05, 0) is 170 Å². The highest BCUT2D eigenvalue weighted by atomic mass is 15.3. The van der Waals surface area contributed by atoms with Crippen molar-refractivity contribution in [3.05, 3.63) is 149 Å². The molecule has 4 saturated carbocycles. The van der Waals surface area contributed by atoms with Gasteiger partial charge in [-0.2, -0.15) is 0 Å². The summed E-state index contributed by atoms with van der Waals surface area (Å²) in [5.74, 6) is 3.93. The van der Waals surface area contributed by atoms with E-state index in [1.165, 1.54) is 113 Å². The first-order valence-corrected chi connectivity index (χ1v) is 25.6. The third-order valence-corrected chi connectivity index (χ3v) is 20.9. The predicted octanol–water partition coefficient (Wildman–Crippen LogP) is 12.6. The number of allylic oxidation sites excluding steroid dienone is 4. The zero-order chi connectivity index (χ0) is 43.3. The molecule has 11 aliphatic rings. The minimum Gasteiger partial charge on any atom is -0.334 e. The van der Waals surface area contributed by atoms with Crippen molar-refractivity contribution < 1.29 is 0 Å². The number of anilines is 6. The average molecular weight is 846 g/mol. The molecule has 0 aromatic heterocycles.